The van der Waals surface area contributed by atoms with Gasteiger partial charge in [-0.05, 0) is 40.5 Å². The highest BCUT2D eigenvalue weighted by Gasteiger charge is 2.42. The van der Waals surface area contributed by atoms with Gasteiger partial charge in [-0.1, -0.05) is 6.08 Å². The summed E-state index contributed by atoms with van der Waals surface area (Å²) in [5.41, 5.74) is -0.958. The number of amides is 1. The van der Waals surface area contributed by atoms with Gasteiger partial charge in [0.05, 0.1) is 12.1 Å². The van der Waals surface area contributed by atoms with Crippen LogP contribution in [-0.2, 0) is 14.3 Å². The molecule has 0 atom stereocenters. The standard InChI is InChI=1S/C13H21NO4/c1-5-17-10(15)6-7-13(8-9-13)14-11(16)18-12(2,3)4/h6-7H,5,8-9H2,1-4H3,(H,14,16)/b7-6+. The predicted molar refractivity (Wildman–Crippen MR) is 67.1 cm³/mol. The fourth-order valence-corrected chi connectivity index (χ4v) is 1.39. The summed E-state index contributed by atoms with van der Waals surface area (Å²) in [6.45, 7) is 7.51. The van der Waals surface area contributed by atoms with Crippen LogP contribution in [0.25, 0.3) is 0 Å². The Hall–Kier alpha value is -1.52. The highest BCUT2D eigenvalue weighted by atomic mass is 16.6. The van der Waals surface area contributed by atoms with Crippen molar-refractivity contribution in [3.8, 4) is 0 Å². The summed E-state index contributed by atoms with van der Waals surface area (Å²) < 4.78 is 9.95. The number of hydrogen-bond acceptors (Lipinski definition) is 4. The molecule has 5 nitrogen and oxygen atoms in total. The lowest BCUT2D eigenvalue weighted by Crippen LogP contribution is -2.39. The molecule has 1 aliphatic rings. The fraction of sp³-hybridized carbons (Fsp3) is 0.692. The second-order valence-corrected chi connectivity index (χ2v) is 5.37. The molecule has 0 aromatic heterocycles. The molecule has 0 aromatic rings. The number of nitrogens with one attached hydrogen (secondary N) is 1. The lowest BCUT2D eigenvalue weighted by Gasteiger charge is -2.22. The molecule has 18 heavy (non-hydrogen) atoms. The van der Waals surface area contributed by atoms with Crippen LogP contribution in [0.1, 0.15) is 40.5 Å². The summed E-state index contributed by atoms with van der Waals surface area (Å²) in [4.78, 5) is 22.8. The SMILES string of the molecule is CCOC(=O)/C=C/C1(NC(=O)OC(C)(C)C)CC1. The molecule has 5 heteroatoms. The molecule has 1 aliphatic carbocycles. The van der Waals surface area contributed by atoms with Crippen LogP contribution in [0.15, 0.2) is 12.2 Å². The Balaban J connectivity index is 2.46. The van der Waals surface area contributed by atoms with Gasteiger partial charge in [-0.15, -0.1) is 0 Å². The third-order valence-electron chi connectivity index (χ3n) is 2.36. The molecule has 0 radical (unpaired) electrons. The number of alkyl carbamates (subject to hydrolysis) is 1. The van der Waals surface area contributed by atoms with Crippen molar-refractivity contribution in [2.75, 3.05) is 6.61 Å². The van der Waals surface area contributed by atoms with Gasteiger partial charge in [0, 0.05) is 6.08 Å². The average Bonchev–Trinajstić information content (AvgIpc) is 2.93. The minimum absolute atomic E-state index is 0.343. The molecule has 102 valence electrons. The van der Waals surface area contributed by atoms with Crippen molar-refractivity contribution in [3.63, 3.8) is 0 Å². The molecule has 0 heterocycles. The maximum Gasteiger partial charge on any atom is 0.408 e. The Morgan fingerprint density at radius 1 is 1.33 bits per heavy atom. The van der Waals surface area contributed by atoms with E-state index in [2.05, 4.69) is 5.32 Å². The minimum Gasteiger partial charge on any atom is -0.463 e. The Morgan fingerprint density at radius 2 is 1.94 bits per heavy atom. The average molecular weight is 255 g/mol. The topological polar surface area (TPSA) is 64.6 Å². The van der Waals surface area contributed by atoms with Gasteiger partial charge in [0.25, 0.3) is 0 Å². The van der Waals surface area contributed by atoms with Gasteiger partial charge in [0.15, 0.2) is 0 Å². The first-order valence-electron chi connectivity index (χ1n) is 6.13. The van der Waals surface area contributed by atoms with E-state index in [1.54, 1.807) is 33.8 Å². The van der Waals surface area contributed by atoms with Crippen LogP contribution in [-0.4, -0.2) is 29.8 Å². The molecule has 1 rings (SSSR count). The van der Waals surface area contributed by atoms with Gasteiger partial charge in [0.2, 0.25) is 0 Å². The van der Waals surface area contributed by atoms with Gasteiger partial charge in [0.1, 0.15) is 5.60 Å². The van der Waals surface area contributed by atoms with Crippen LogP contribution in [0.5, 0.6) is 0 Å². The van der Waals surface area contributed by atoms with Gasteiger partial charge in [-0.25, -0.2) is 9.59 Å². The first kappa shape index (κ1) is 14.5. The molecular formula is C13H21NO4. The first-order chi connectivity index (χ1) is 8.26. The summed E-state index contributed by atoms with van der Waals surface area (Å²) in [5, 5.41) is 2.77. The van der Waals surface area contributed by atoms with E-state index in [0.29, 0.717) is 6.61 Å². The molecule has 0 aromatic carbocycles. The Labute approximate surface area is 108 Å². The van der Waals surface area contributed by atoms with E-state index in [0.717, 1.165) is 12.8 Å². The van der Waals surface area contributed by atoms with Crippen molar-refractivity contribution in [2.24, 2.45) is 0 Å². The third kappa shape index (κ3) is 5.21. The normalized spacial score (nSPS) is 17.3. The highest BCUT2D eigenvalue weighted by molar-refractivity contribution is 5.82. The summed E-state index contributed by atoms with van der Waals surface area (Å²) in [5.74, 6) is -0.394. The van der Waals surface area contributed by atoms with Crippen LogP contribution in [0, 0.1) is 0 Å². The van der Waals surface area contributed by atoms with E-state index in [9.17, 15) is 9.59 Å². The monoisotopic (exact) mass is 255 g/mol. The van der Waals surface area contributed by atoms with Crippen LogP contribution in [0.2, 0.25) is 0 Å². The number of esters is 1. The van der Waals surface area contributed by atoms with Crippen LogP contribution in [0.4, 0.5) is 4.79 Å². The van der Waals surface area contributed by atoms with Crippen molar-refractivity contribution in [1.82, 2.24) is 5.32 Å². The molecule has 0 bridgehead atoms. The number of rotatable bonds is 4. The number of carbonyl (C=O) groups is 2. The van der Waals surface area contributed by atoms with Crippen molar-refractivity contribution in [2.45, 2.75) is 51.7 Å². The predicted octanol–water partition coefficient (Wildman–Crippen LogP) is 2.16. The maximum atomic E-state index is 11.6. The molecule has 0 saturated heterocycles. The van der Waals surface area contributed by atoms with E-state index in [-0.39, 0.29) is 0 Å². The zero-order chi connectivity index (χ0) is 13.8. The first-order valence-corrected chi connectivity index (χ1v) is 6.13. The molecule has 1 fully saturated rings. The van der Waals surface area contributed by atoms with E-state index >= 15 is 0 Å². The largest absolute Gasteiger partial charge is 0.463 e. The zero-order valence-corrected chi connectivity index (χ0v) is 11.4. The molecule has 0 spiro atoms. The lowest BCUT2D eigenvalue weighted by atomic mass is 10.2. The molecule has 0 aliphatic heterocycles. The fourth-order valence-electron chi connectivity index (χ4n) is 1.39. The Kier molecular flexibility index (Phi) is 4.38. The van der Waals surface area contributed by atoms with Gasteiger partial charge in [-0.3, -0.25) is 0 Å². The summed E-state index contributed by atoms with van der Waals surface area (Å²) in [6.07, 6.45) is 4.18. The zero-order valence-electron chi connectivity index (χ0n) is 11.4. The lowest BCUT2D eigenvalue weighted by molar-refractivity contribution is -0.137. The number of carbonyl (C=O) groups excluding carboxylic acids is 2. The molecule has 1 amide bonds. The quantitative estimate of drug-likeness (QED) is 0.617. The van der Waals surface area contributed by atoms with Gasteiger partial charge >= 0.3 is 12.1 Å². The second kappa shape index (κ2) is 5.42. The number of hydrogen-bond donors (Lipinski definition) is 1. The molecule has 1 N–H and O–H groups in total. The second-order valence-electron chi connectivity index (χ2n) is 5.37. The van der Waals surface area contributed by atoms with Gasteiger partial charge < -0.3 is 14.8 Å². The van der Waals surface area contributed by atoms with Crippen LogP contribution < -0.4 is 5.32 Å². The van der Waals surface area contributed by atoms with E-state index < -0.39 is 23.2 Å². The Bertz CT molecular complexity index is 350. The molecular weight excluding hydrogens is 234 g/mol. The highest BCUT2D eigenvalue weighted by Crippen LogP contribution is 2.37. The number of ether oxygens (including phenoxy) is 2. The van der Waals surface area contributed by atoms with Crippen molar-refractivity contribution in [3.05, 3.63) is 12.2 Å². The van der Waals surface area contributed by atoms with E-state index in [1.807, 2.05) is 0 Å². The molecule has 1 saturated carbocycles. The summed E-state index contributed by atoms with van der Waals surface area (Å²) in [6, 6.07) is 0. The van der Waals surface area contributed by atoms with Gasteiger partial charge in [-0.2, -0.15) is 0 Å². The minimum atomic E-state index is -0.523. The Morgan fingerprint density at radius 3 is 2.39 bits per heavy atom. The molecule has 0 unspecified atom stereocenters. The third-order valence-corrected chi connectivity index (χ3v) is 2.36. The maximum absolute atomic E-state index is 11.6. The van der Waals surface area contributed by atoms with E-state index in [4.69, 9.17) is 9.47 Å². The van der Waals surface area contributed by atoms with Crippen LogP contribution in [0.3, 0.4) is 0 Å². The van der Waals surface area contributed by atoms with E-state index in [1.165, 1.54) is 6.08 Å². The summed E-state index contributed by atoms with van der Waals surface area (Å²) in [7, 11) is 0. The van der Waals surface area contributed by atoms with Crippen molar-refractivity contribution >= 4 is 12.1 Å². The van der Waals surface area contributed by atoms with Crippen molar-refractivity contribution in [1.29, 1.82) is 0 Å². The summed E-state index contributed by atoms with van der Waals surface area (Å²) >= 11 is 0. The smallest absolute Gasteiger partial charge is 0.408 e. The van der Waals surface area contributed by atoms with Crippen molar-refractivity contribution < 1.29 is 19.1 Å². The van der Waals surface area contributed by atoms with Crippen LogP contribution >= 0.6 is 0 Å².